The van der Waals surface area contributed by atoms with Crippen molar-refractivity contribution in [2.45, 2.75) is 6.61 Å². The van der Waals surface area contributed by atoms with Crippen LogP contribution in [0.15, 0.2) is 23.6 Å². The Bertz CT molecular complexity index is 576. The molecule has 0 aliphatic carbocycles. The largest absolute Gasteiger partial charge is 0.390 e. The molecule has 0 saturated carbocycles. The number of aliphatic hydroxyl groups is 1. The molecule has 1 aromatic heterocycles. The second-order valence-electron chi connectivity index (χ2n) is 3.08. The molecule has 0 aliphatic heterocycles. The third-order valence-corrected chi connectivity index (χ3v) is 3.32. The fourth-order valence-electron chi connectivity index (χ4n) is 1.36. The van der Waals surface area contributed by atoms with Crippen LogP contribution in [0.25, 0.3) is 5.69 Å². The van der Waals surface area contributed by atoms with Crippen LogP contribution in [0.1, 0.15) is 5.69 Å². The van der Waals surface area contributed by atoms with Crippen molar-refractivity contribution in [1.29, 1.82) is 0 Å². The highest BCUT2D eigenvalue weighted by Crippen LogP contribution is 2.21. The molecule has 0 amide bonds. The highest BCUT2D eigenvalue weighted by molar-refractivity contribution is 7.73. The van der Waals surface area contributed by atoms with E-state index in [2.05, 4.69) is 0 Å². The van der Waals surface area contributed by atoms with Gasteiger partial charge in [0.25, 0.3) is 0 Å². The molecule has 1 heterocycles. The minimum Gasteiger partial charge on any atom is -0.390 e. The molecule has 2 aromatic rings. The summed E-state index contributed by atoms with van der Waals surface area (Å²) >= 11 is 6.20. The summed E-state index contributed by atoms with van der Waals surface area (Å²) in [7, 11) is 0. The zero-order valence-electron chi connectivity index (χ0n) is 7.98. The van der Waals surface area contributed by atoms with Crippen molar-refractivity contribution in [3.8, 4) is 5.69 Å². The first-order valence-electron chi connectivity index (χ1n) is 4.39. The molecule has 84 valence electrons. The van der Waals surface area contributed by atoms with E-state index in [1.807, 2.05) is 0 Å². The number of aromatic nitrogens is 1. The monoisotopic (exact) mass is 259 g/mol. The predicted octanol–water partition coefficient (Wildman–Crippen LogP) is 3.04. The van der Waals surface area contributed by atoms with Gasteiger partial charge in [-0.15, -0.1) is 11.3 Å². The molecule has 0 saturated heterocycles. The lowest BCUT2D eigenvalue weighted by Crippen LogP contribution is -2.03. The topological polar surface area (TPSA) is 25.2 Å². The molecule has 0 fully saturated rings. The van der Waals surface area contributed by atoms with E-state index in [0.717, 1.165) is 18.2 Å². The van der Waals surface area contributed by atoms with E-state index in [1.165, 1.54) is 15.9 Å². The molecule has 1 aromatic carbocycles. The van der Waals surface area contributed by atoms with Crippen molar-refractivity contribution in [3.05, 3.63) is 44.9 Å². The molecule has 1 N–H and O–H groups in total. The lowest BCUT2D eigenvalue weighted by Gasteiger charge is -2.07. The van der Waals surface area contributed by atoms with Crippen LogP contribution < -0.4 is 0 Å². The Morgan fingerprint density at radius 3 is 2.81 bits per heavy atom. The van der Waals surface area contributed by atoms with Crippen LogP contribution in [-0.2, 0) is 6.61 Å². The van der Waals surface area contributed by atoms with E-state index in [0.29, 0.717) is 9.65 Å². The summed E-state index contributed by atoms with van der Waals surface area (Å²) in [5.74, 6) is -1.13. The van der Waals surface area contributed by atoms with Crippen molar-refractivity contribution in [2.24, 2.45) is 0 Å². The van der Waals surface area contributed by atoms with Gasteiger partial charge in [-0.2, -0.15) is 0 Å². The second kappa shape index (κ2) is 4.40. The van der Waals surface area contributed by atoms with E-state index in [-0.39, 0.29) is 12.3 Å². The Kier molecular flexibility index (Phi) is 3.13. The Labute approximate surface area is 99.4 Å². The maximum Gasteiger partial charge on any atom is 0.166 e. The maximum absolute atomic E-state index is 13.5. The van der Waals surface area contributed by atoms with Gasteiger partial charge in [0.2, 0.25) is 0 Å². The minimum absolute atomic E-state index is 0.0234. The average Bonchev–Trinajstić information content (AvgIpc) is 2.63. The summed E-state index contributed by atoms with van der Waals surface area (Å²) in [4.78, 5) is 0. The molecule has 0 aliphatic rings. The van der Waals surface area contributed by atoms with Crippen molar-refractivity contribution >= 4 is 23.6 Å². The Morgan fingerprint density at radius 2 is 2.12 bits per heavy atom. The van der Waals surface area contributed by atoms with E-state index in [9.17, 15) is 8.78 Å². The number of thiazole rings is 1. The molecule has 6 heteroatoms. The maximum atomic E-state index is 13.5. The first-order valence-corrected chi connectivity index (χ1v) is 5.68. The highest BCUT2D eigenvalue weighted by Gasteiger charge is 2.11. The quantitative estimate of drug-likeness (QED) is 0.839. The first kappa shape index (κ1) is 11.4. The summed E-state index contributed by atoms with van der Waals surface area (Å²) in [5, 5.41) is 10.7. The van der Waals surface area contributed by atoms with Crippen LogP contribution in [-0.4, -0.2) is 9.67 Å². The number of nitrogens with zero attached hydrogens (tertiary/aromatic N) is 1. The van der Waals surface area contributed by atoms with Gasteiger partial charge >= 0.3 is 0 Å². The Hall–Kier alpha value is -1.11. The van der Waals surface area contributed by atoms with Crippen molar-refractivity contribution in [1.82, 2.24) is 4.57 Å². The van der Waals surface area contributed by atoms with Gasteiger partial charge in [-0.3, -0.25) is 4.57 Å². The minimum atomic E-state index is -0.578. The van der Waals surface area contributed by atoms with Gasteiger partial charge in [-0.1, -0.05) is 0 Å². The average molecular weight is 259 g/mol. The molecule has 2 nitrogen and oxygen atoms in total. The third kappa shape index (κ3) is 1.91. The molecular weight excluding hydrogens is 252 g/mol. The highest BCUT2D eigenvalue weighted by atomic mass is 32.1. The zero-order chi connectivity index (χ0) is 11.7. The van der Waals surface area contributed by atoms with Gasteiger partial charge in [0.1, 0.15) is 11.6 Å². The van der Waals surface area contributed by atoms with Crippen LogP contribution >= 0.6 is 23.6 Å². The summed E-state index contributed by atoms with van der Waals surface area (Å²) in [5.41, 5.74) is 0.467. The molecule has 0 radical (unpaired) electrons. The summed E-state index contributed by atoms with van der Waals surface area (Å²) in [6, 6.07) is 3.12. The van der Waals surface area contributed by atoms with Crippen LogP contribution in [0.2, 0.25) is 0 Å². The number of aliphatic hydroxyl groups excluding tert-OH is 1. The number of hydrogen-bond donors (Lipinski definition) is 1. The second-order valence-corrected chi connectivity index (χ2v) is 4.59. The summed E-state index contributed by atoms with van der Waals surface area (Å²) < 4.78 is 28.3. The van der Waals surface area contributed by atoms with Crippen molar-refractivity contribution in [2.75, 3.05) is 0 Å². The molecule has 16 heavy (non-hydrogen) atoms. The van der Waals surface area contributed by atoms with E-state index >= 15 is 0 Å². The van der Waals surface area contributed by atoms with Crippen LogP contribution in [0.4, 0.5) is 8.78 Å². The summed E-state index contributed by atoms with van der Waals surface area (Å²) in [6.07, 6.45) is 0. The Morgan fingerprint density at radius 1 is 1.38 bits per heavy atom. The fourth-order valence-corrected chi connectivity index (χ4v) is 2.46. The molecule has 0 unspecified atom stereocenters. The normalized spacial score (nSPS) is 10.7. The lowest BCUT2D eigenvalue weighted by atomic mass is 10.3. The van der Waals surface area contributed by atoms with Gasteiger partial charge in [-0.05, 0) is 24.4 Å². The Balaban J connectivity index is 2.71. The molecule has 0 atom stereocenters. The molecular formula is C10H7F2NOS2. The van der Waals surface area contributed by atoms with Crippen LogP contribution in [0, 0.1) is 15.6 Å². The standard InChI is InChI=1S/C10H7F2NOS2/c11-6-1-2-8(12)9(3-6)13-7(4-14)5-16-10(13)15/h1-3,5,14H,4H2. The van der Waals surface area contributed by atoms with Gasteiger partial charge in [0.05, 0.1) is 18.0 Å². The van der Waals surface area contributed by atoms with Crippen LogP contribution in [0.5, 0.6) is 0 Å². The van der Waals surface area contributed by atoms with E-state index in [1.54, 1.807) is 5.38 Å². The molecule has 2 rings (SSSR count). The number of halogens is 2. The van der Waals surface area contributed by atoms with Crippen LogP contribution in [0.3, 0.4) is 0 Å². The lowest BCUT2D eigenvalue weighted by molar-refractivity contribution is 0.274. The summed E-state index contributed by atoms with van der Waals surface area (Å²) in [6.45, 7) is -0.275. The SMILES string of the molecule is OCc1csc(=S)n1-c1cc(F)ccc1F. The van der Waals surface area contributed by atoms with E-state index < -0.39 is 11.6 Å². The van der Waals surface area contributed by atoms with Gasteiger partial charge in [-0.25, -0.2) is 8.78 Å². The number of rotatable bonds is 2. The van der Waals surface area contributed by atoms with Gasteiger partial charge < -0.3 is 5.11 Å². The third-order valence-electron chi connectivity index (χ3n) is 2.08. The van der Waals surface area contributed by atoms with E-state index in [4.69, 9.17) is 17.3 Å². The smallest absolute Gasteiger partial charge is 0.166 e. The predicted molar refractivity (Wildman–Crippen MR) is 60.3 cm³/mol. The molecule has 0 bridgehead atoms. The number of benzene rings is 1. The van der Waals surface area contributed by atoms with Gasteiger partial charge in [0, 0.05) is 11.4 Å². The van der Waals surface area contributed by atoms with Gasteiger partial charge in [0.15, 0.2) is 3.95 Å². The first-order chi connectivity index (χ1) is 7.63. The van der Waals surface area contributed by atoms with Crippen molar-refractivity contribution in [3.63, 3.8) is 0 Å². The number of hydrogen-bond acceptors (Lipinski definition) is 3. The zero-order valence-corrected chi connectivity index (χ0v) is 9.62. The van der Waals surface area contributed by atoms with Crippen molar-refractivity contribution < 1.29 is 13.9 Å². The fraction of sp³-hybridized carbons (Fsp3) is 0.100. The molecule has 0 spiro atoms.